The van der Waals surface area contributed by atoms with Crippen molar-refractivity contribution in [2.24, 2.45) is 14.1 Å². The summed E-state index contributed by atoms with van der Waals surface area (Å²) in [5.41, 5.74) is 5.72. The van der Waals surface area contributed by atoms with Gasteiger partial charge in [0.15, 0.2) is 5.78 Å². The molecule has 134 valence electrons. The molecule has 0 aliphatic heterocycles. The molecule has 0 spiro atoms. The van der Waals surface area contributed by atoms with Crippen LogP contribution in [0.4, 0.5) is 5.82 Å². The predicted octanol–water partition coefficient (Wildman–Crippen LogP) is 0.414. The Morgan fingerprint density at radius 3 is 2.36 bits per heavy atom. The molecular formula is C18H24N4O3. The van der Waals surface area contributed by atoms with E-state index in [1.807, 2.05) is 42.2 Å². The number of carbonyl (C=O) groups excluding carboxylic acids is 1. The lowest BCUT2D eigenvalue weighted by atomic mass is 10.1. The van der Waals surface area contributed by atoms with Gasteiger partial charge in [0.25, 0.3) is 5.56 Å². The fourth-order valence-corrected chi connectivity index (χ4v) is 2.69. The van der Waals surface area contributed by atoms with Crippen LogP contribution in [-0.2, 0) is 20.5 Å². The number of aromatic nitrogens is 2. The van der Waals surface area contributed by atoms with Crippen molar-refractivity contribution in [3.63, 3.8) is 0 Å². The van der Waals surface area contributed by atoms with Crippen LogP contribution >= 0.6 is 0 Å². The third kappa shape index (κ3) is 4.06. The summed E-state index contributed by atoms with van der Waals surface area (Å²) in [4.78, 5) is 38.7. The molecule has 0 saturated carbocycles. The van der Waals surface area contributed by atoms with Crippen LogP contribution in [0.5, 0.6) is 0 Å². The summed E-state index contributed by atoms with van der Waals surface area (Å²) in [5.74, 6) is -0.458. The number of benzene rings is 1. The quantitative estimate of drug-likeness (QED) is 0.735. The largest absolute Gasteiger partial charge is 0.384 e. The second kappa shape index (κ2) is 7.94. The highest BCUT2D eigenvalue weighted by atomic mass is 16.2. The van der Waals surface area contributed by atoms with Crippen molar-refractivity contribution in [1.29, 1.82) is 0 Å². The number of Topliss-reactive ketones (excluding diaryl/α,β-unsaturated/α-hetero) is 1. The first kappa shape index (κ1) is 18.7. The Kier molecular flexibility index (Phi) is 5.93. The molecule has 0 unspecified atom stereocenters. The first-order valence-corrected chi connectivity index (χ1v) is 8.21. The van der Waals surface area contributed by atoms with Gasteiger partial charge in [0.05, 0.1) is 6.54 Å². The first-order chi connectivity index (χ1) is 11.9. The number of nitrogen functional groups attached to an aromatic ring is 1. The second-order valence-electron chi connectivity index (χ2n) is 5.99. The molecule has 1 aromatic heterocycles. The molecule has 0 aliphatic rings. The van der Waals surface area contributed by atoms with Crippen LogP contribution in [-0.4, -0.2) is 39.5 Å². The van der Waals surface area contributed by atoms with Crippen molar-refractivity contribution >= 4 is 11.6 Å². The maximum Gasteiger partial charge on any atom is 0.332 e. The van der Waals surface area contributed by atoms with Gasteiger partial charge in [-0.2, -0.15) is 0 Å². The molecule has 0 amide bonds. The molecule has 0 bridgehead atoms. The molecule has 0 saturated heterocycles. The van der Waals surface area contributed by atoms with Crippen LogP contribution in [0.1, 0.15) is 22.8 Å². The van der Waals surface area contributed by atoms with E-state index in [0.29, 0.717) is 13.1 Å². The summed E-state index contributed by atoms with van der Waals surface area (Å²) < 4.78 is 2.03. The lowest BCUT2D eigenvalue weighted by molar-refractivity contribution is 0.0932. The predicted molar refractivity (Wildman–Crippen MR) is 97.9 cm³/mol. The zero-order chi connectivity index (χ0) is 18.6. The number of likely N-dealkylation sites (N-methyl/N-ethyl adjacent to an activating group) is 1. The van der Waals surface area contributed by atoms with Crippen molar-refractivity contribution in [2.75, 3.05) is 25.4 Å². The molecule has 2 N–H and O–H groups in total. The third-order valence-electron chi connectivity index (χ3n) is 4.36. The normalized spacial score (nSPS) is 11.0. The van der Waals surface area contributed by atoms with Crippen LogP contribution in [0, 0.1) is 0 Å². The van der Waals surface area contributed by atoms with Crippen LogP contribution in [0.25, 0.3) is 0 Å². The number of hydrogen-bond donors (Lipinski definition) is 1. The van der Waals surface area contributed by atoms with Gasteiger partial charge in [0.1, 0.15) is 11.4 Å². The standard InChI is InChI=1S/C18H24N4O3/c1-4-22(11-10-13-8-6-5-7-9-13)12-14(23)15-16(19)20(2)18(25)21(3)17(15)24/h5-9H,4,10-12,19H2,1-3H3. The molecule has 0 aliphatic carbocycles. The highest BCUT2D eigenvalue weighted by Crippen LogP contribution is 2.07. The molecule has 7 nitrogen and oxygen atoms in total. The van der Waals surface area contributed by atoms with Gasteiger partial charge < -0.3 is 5.73 Å². The average molecular weight is 344 g/mol. The molecular weight excluding hydrogens is 320 g/mol. The van der Waals surface area contributed by atoms with Crippen LogP contribution in [0.15, 0.2) is 39.9 Å². The summed E-state index contributed by atoms with van der Waals surface area (Å²) in [6.07, 6.45) is 0.808. The Morgan fingerprint density at radius 2 is 1.76 bits per heavy atom. The zero-order valence-corrected chi connectivity index (χ0v) is 14.9. The van der Waals surface area contributed by atoms with Gasteiger partial charge in [0.2, 0.25) is 0 Å². The Labute approximate surface area is 146 Å². The fraction of sp³-hybridized carbons (Fsp3) is 0.389. The lowest BCUT2D eigenvalue weighted by Crippen LogP contribution is -2.43. The van der Waals surface area contributed by atoms with Gasteiger partial charge in [-0.15, -0.1) is 0 Å². The van der Waals surface area contributed by atoms with Gasteiger partial charge >= 0.3 is 5.69 Å². The molecule has 0 fully saturated rings. The first-order valence-electron chi connectivity index (χ1n) is 8.21. The molecule has 1 heterocycles. The Hall–Kier alpha value is -2.67. The van der Waals surface area contributed by atoms with Gasteiger partial charge in [-0.1, -0.05) is 37.3 Å². The van der Waals surface area contributed by atoms with Gasteiger partial charge in [0, 0.05) is 20.6 Å². The molecule has 2 aromatic rings. The Bertz CT molecular complexity index is 868. The van der Waals surface area contributed by atoms with E-state index in [9.17, 15) is 14.4 Å². The smallest absolute Gasteiger partial charge is 0.332 e. The SMILES string of the molecule is CCN(CCc1ccccc1)CC(=O)c1c(N)n(C)c(=O)n(C)c1=O. The fourth-order valence-electron chi connectivity index (χ4n) is 2.69. The number of hydrogen-bond acceptors (Lipinski definition) is 5. The molecule has 25 heavy (non-hydrogen) atoms. The van der Waals surface area contributed by atoms with E-state index in [0.717, 1.165) is 15.6 Å². The van der Waals surface area contributed by atoms with Crippen LogP contribution < -0.4 is 17.0 Å². The van der Waals surface area contributed by atoms with Gasteiger partial charge in [-0.3, -0.25) is 23.6 Å². The number of ketones is 1. The number of rotatable bonds is 7. The molecule has 2 rings (SSSR count). The van der Waals surface area contributed by atoms with Crippen molar-refractivity contribution in [2.45, 2.75) is 13.3 Å². The molecule has 1 aromatic carbocycles. The highest BCUT2D eigenvalue weighted by molar-refractivity contribution is 6.01. The second-order valence-corrected chi connectivity index (χ2v) is 5.99. The van der Waals surface area contributed by atoms with E-state index in [1.54, 1.807) is 0 Å². The van der Waals surface area contributed by atoms with E-state index in [2.05, 4.69) is 0 Å². The minimum atomic E-state index is -0.648. The van der Waals surface area contributed by atoms with E-state index in [4.69, 9.17) is 5.73 Å². The third-order valence-corrected chi connectivity index (χ3v) is 4.36. The van der Waals surface area contributed by atoms with Crippen molar-refractivity contribution < 1.29 is 4.79 Å². The molecule has 0 atom stereocenters. The lowest BCUT2D eigenvalue weighted by Gasteiger charge is -2.20. The summed E-state index contributed by atoms with van der Waals surface area (Å²) in [7, 11) is 2.79. The van der Waals surface area contributed by atoms with E-state index in [1.165, 1.54) is 19.7 Å². The monoisotopic (exact) mass is 344 g/mol. The van der Waals surface area contributed by atoms with Crippen LogP contribution in [0.3, 0.4) is 0 Å². The number of carbonyl (C=O) groups is 1. The Morgan fingerprint density at radius 1 is 1.12 bits per heavy atom. The highest BCUT2D eigenvalue weighted by Gasteiger charge is 2.21. The minimum Gasteiger partial charge on any atom is -0.384 e. The van der Waals surface area contributed by atoms with E-state index < -0.39 is 11.2 Å². The summed E-state index contributed by atoms with van der Waals surface area (Å²) in [5, 5.41) is 0. The maximum absolute atomic E-state index is 12.6. The van der Waals surface area contributed by atoms with Crippen LogP contribution in [0.2, 0.25) is 0 Å². The summed E-state index contributed by atoms with van der Waals surface area (Å²) in [6.45, 7) is 3.41. The summed E-state index contributed by atoms with van der Waals surface area (Å²) in [6, 6.07) is 9.99. The summed E-state index contributed by atoms with van der Waals surface area (Å²) >= 11 is 0. The Balaban J connectivity index is 2.18. The van der Waals surface area contributed by atoms with Crippen molar-refractivity contribution in [1.82, 2.24) is 14.0 Å². The maximum atomic E-state index is 12.6. The van der Waals surface area contributed by atoms with Crippen molar-refractivity contribution in [3.8, 4) is 0 Å². The molecule has 0 radical (unpaired) electrons. The topological polar surface area (TPSA) is 90.3 Å². The number of nitrogens with zero attached hydrogens (tertiary/aromatic N) is 3. The number of anilines is 1. The van der Waals surface area contributed by atoms with E-state index in [-0.39, 0.29) is 23.7 Å². The van der Waals surface area contributed by atoms with Gasteiger partial charge in [-0.05, 0) is 18.5 Å². The van der Waals surface area contributed by atoms with E-state index >= 15 is 0 Å². The number of nitrogens with two attached hydrogens (primary N) is 1. The average Bonchev–Trinajstić information content (AvgIpc) is 2.62. The molecule has 7 heteroatoms. The van der Waals surface area contributed by atoms with Crippen molar-refractivity contribution in [3.05, 3.63) is 62.3 Å². The zero-order valence-electron chi connectivity index (χ0n) is 14.9. The van der Waals surface area contributed by atoms with Gasteiger partial charge in [-0.25, -0.2) is 4.79 Å². The minimum absolute atomic E-state index is 0.0843.